The van der Waals surface area contributed by atoms with Gasteiger partial charge in [0.25, 0.3) is 11.8 Å². The van der Waals surface area contributed by atoms with Crippen LogP contribution in [0.15, 0.2) is 48.5 Å². The number of carbonyl (C=O) groups excluding carboxylic acids is 3. The predicted octanol–water partition coefficient (Wildman–Crippen LogP) is 2.55. The first kappa shape index (κ1) is 24.4. The van der Waals surface area contributed by atoms with Gasteiger partial charge < -0.3 is 20.3 Å². The second-order valence-electron chi connectivity index (χ2n) is 8.21. The summed E-state index contributed by atoms with van der Waals surface area (Å²) in [5.74, 6) is -1.69. The summed E-state index contributed by atoms with van der Waals surface area (Å²) in [6, 6.07) is 12.3. The summed E-state index contributed by atoms with van der Waals surface area (Å²) in [5, 5.41) is 5.68. The van der Waals surface area contributed by atoms with Crippen molar-refractivity contribution in [2.75, 3.05) is 33.4 Å². The topological polar surface area (TPSA) is 87.7 Å². The molecule has 1 heterocycles. The van der Waals surface area contributed by atoms with E-state index in [2.05, 4.69) is 10.6 Å². The van der Waals surface area contributed by atoms with Crippen LogP contribution in [0.2, 0.25) is 0 Å². The van der Waals surface area contributed by atoms with Gasteiger partial charge in [-0.3, -0.25) is 14.4 Å². The van der Waals surface area contributed by atoms with Crippen molar-refractivity contribution >= 4 is 17.7 Å². The highest BCUT2D eigenvalue weighted by atomic mass is 19.1. The number of nitrogens with zero attached hydrogens (tertiary/aromatic N) is 1. The lowest BCUT2D eigenvalue weighted by atomic mass is 9.88. The SMILES string of the molecule is COCCNC(=O)[C@@H](NC(=O)c1ccc(C)cc1)C1CCN(C(=O)c2ccccc2F)CC1. The molecule has 176 valence electrons. The molecule has 3 amide bonds. The molecular weight excluding hydrogens is 425 g/mol. The van der Waals surface area contributed by atoms with E-state index in [9.17, 15) is 18.8 Å². The van der Waals surface area contributed by atoms with E-state index in [1.54, 1.807) is 36.3 Å². The first-order chi connectivity index (χ1) is 15.9. The minimum absolute atomic E-state index is 0.0393. The van der Waals surface area contributed by atoms with Crippen molar-refractivity contribution in [2.45, 2.75) is 25.8 Å². The smallest absolute Gasteiger partial charge is 0.256 e. The van der Waals surface area contributed by atoms with E-state index in [4.69, 9.17) is 4.74 Å². The van der Waals surface area contributed by atoms with Gasteiger partial charge in [-0.05, 0) is 49.9 Å². The van der Waals surface area contributed by atoms with Crippen molar-refractivity contribution < 1.29 is 23.5 Å². The highest BCUT2D eigenvalue weighted by Gasteiger charge is 2.34. The number of halogens is 1. The number of ether oxygens (including phenoxy) is 1. The van der Waals surface area contributed by atoms with E-state index in [0.717, 1.165) is 5.56 Å². The normalized spacial score (nSPS) is 15.1. The lowest BCUT2D eigenvalue weighted by Gasteiger charge is -2.36. The zero-order valence-electron chi connectivity index (χ0n) is 19.0. The first-order valence-electron chi connectivity index (χ1n) is 11.1. The third-order valence-electron chi connectivity index (χ3n) is 5.89. The van der Waals surface area contributed by atoms with Gasteiger partial charge in [0.05, 0.1) is 12.2 Å². The lowest BCUT2D eigenvalue weighted by molar-refractivity contribution is -0.124. The Morgan fingerprint density at radius 2 is 1.76 bits per heavy atom. The van der Waals surface area contributed by atoms with E-state index >= 15 is 0 Å². The van der Waals surface area contributed by atoms with Crippen LogP contribution < -0.4 is 10.6 Å². The van der Waals surface area contributed by atoms with Crippen LogP contribution >= 0.6 is 0 Å². The minimum atomic E-state index is -0.749. The molecule has 7 nitrogen and oxygen atoms in total. The quantitative estimate of drug-likeness (QED) is 0.599. The fraction of sp³-hybridized carbons (Fsp3) is 0.400. The number of aryl methyl sites for hydroxylation is 1. The highest BCUT2D eigenvalue weighted by molar-refractivity contribution is 5.98. The molecule has 0 saturated carbocycles. The number of nitrogens with one attached hydrogen (secondary N) is 2. The molecule has 0 unspecified atom stereocenters. The first-order valence-corrected chi connectivity index (χ1v) is 11.1. The molecule has 2 aromatic carbocycles. The molecule has 0 aromatic heterocycles. The minimum Gasteiger partial charge on any atom is -0.383 e. The van der Waals surface area contributed by atoms with Gasteiger partial charge in [0.2, 0.25) is 5.91 Å². The monoisotopic (exact) mass is 455 g/mol. The molecular formula is C25H30FN3O4. The molecule has 33 heavy (non-hydrogen) atoms. The summed E-state index contributed by atoms with van der Waals surface area (Å²) >= 11 is 0. The molecule has 2 N–H and O–H groups in total. The van der Waals surface area contributed by atoms with Crippen molar-refractivity contribution in [1.29, 1.82) is 0 Å². The molecule has 1 atom stereocenters. The van der Waals surface area contributed by atoms with Crippen LogP contribution in [0.1, 0.15) is 39.1 Å². The van der Waals surface area contributed by atoms with Crippen molar-refractivity contribution in [3.05, 3.63) is 71.0 Å². The van der Waals surface area contributed by atoms with Crippen LogP contribution in [0.25, 0.3) is 0 Å². The van der Waals surface area contributed by atoms with Crippen LogP contribution in [-0.4, -0.2) is 62.0 Å². The van der Waals surface area contributed by atoms with Crippen molar-refractivity contribution in [2.24, 2.45) is 5.92 Å². The average molecular weight is 456 g/mol. The standard InChI is InChI=1S/C25H30FN3O4/c1-17-7-9-19(10-8-17)23(30)28-22(24(31)27-13-16-33-2)18-11-14-29(15-12-18)25(32)20-5-3-4-6-21(20)26/h3-10,18,22H,11-16H2,1-2H3,(H,27,31)(H,28,30)/t22-/m0/s1. The Labute approximate surface area is 193 Å². The number of hydrogen-bond acceptors (Lipinski definition) is 4. The largest absolute Gasteiger partial charge is 0.383 e. The van der Waals surface area contributed by atoms with E-state index in [1.165, 1.54) is 12.1 Å². The molecule has 1 saturated heterocycles. The average Bonchev–Trinajstić information content (AvgIpc) is 2.83. The van der Waals surface area contributed by atoms with Crippen molar-refractivity contribution in [3.8, 4) is 0 Å². The van der Waals surface area contributed by atoms with Gasteiger partial charge in [0.15, 0.2) is 0 Å². The number of rotatable bonds is 8. The third kappa shape index (κ3) is 6.38. The summed E-state index contributed by atoms with van der Waals surface area (Å²) < 4.78 is 19.0. The second-order valence-corrected chi connectivity index (χ2v) is 8.21. The fourth-order valence-electron chi connectivity index (χ4n) is 3.95. The highest BCUT2D eigenvalue weighted by Crippen LogP contribution is 2.23. The number of hydrogen-bond donors (Lipinski definition) is 2. The van der Waals surface area contributed by atoms with Gasteiger partial charge in [0, 0.05) is 32.3 Å². The van der Waals surface area contributed by atoms with Crippen LogP contribution in [-0.2, 0) is 9.53 Å². The predicted molar refractivity (Wildman–Crippen MR) is 122 cm³/mol. The Bertz CT molecular complexity index is 972. The van der Waals surface area contributed by atoms with Crippen LogP contribution in [0.3, 0.4) is 0 Å². The number of methoxy groups -OCH3 is 1. The summed E-state index contributed by atoms with van der Waals surface area (Å²) in [6.07, 6.45) is 1.02. The Morgan fingerprint density at radius 1 is 1.09 bits per heavy atom. The second kappa shape index (κ2) is 11.6. The van der Waals surface area contributed by atoms with Gasteiger partial charge in [0.1, 0.15) is 11.9 Å². The van der Waals surface area contributed by atoms with Gasteiger partial charge in [-0.25, -0.2) is 4.39 Å². The molecule has 0 spiro atoms. The number of piperidine rings is 1. The number of likely N-dealkylation sites (tertiary alicyclic amines) is 1. The summed E-state index contributed by atoms with van der Waals surface area (Å²) in [5.41, 5.74) is 1.55. The van der Waals surface area contributed by atoms with Gasteiger partial charge in [-0.1, -0.05) is 29.8 Å². The maximum atomic E-state index is 14.0. The van der Waals surface area contributed by atoms with E-state index in [1.807, 2.05) is 19.1 Å². The zero-order chi connectivity index (χ0) is 23.8. The van der Waals surface area contributed by atoms with Gasteiger partial charge >= 0.3 is 0 Å². The molecule has 0 bridgehead atoms. The van der Waals surface area contributed by atoms with Crippen molar-refractivity contribution in [1.82, 2.24) is 15.5 Å². The third-order valence-corrected chi connectivity index (χ3v) is 5.89. The number of benzene rings is 2. The molecule has 1 aliphatic rings. The Kier molecular flexibility index (Phi) is 8.54. The Balaban J connectivity index is 1.68. The Morgan fingerprint density at radius 3 is 2.39 bits per heavy atom. The van der Waals surface area contributed by atoms with Crippen molar-refractivity contribution in [3.63, 3.8) is 0 Å². The molecule has 0 radical (unpaired) electrons. The molecule has 0 aliphatic carbocycles. The maximum Gasteiger partial charge on any atom is 0.256 e. The summed E-state index contributed by atoms with van der Waals surface area (Å²) in [6.45, 7) is 3.38. The summed E-state index contributed by atoms with van der Waals surface area (Å²) in [7, 11) is 1.55. The molecule has 8 heteroatoms. The van der Waals surface area contributed by atoms with Gasteiger partial charge in [-0.15, -0.1) is 0 Å². The van der Waals surface area contributed by atoms with E-state index in [0.29, 0.717) is 44.6 Å². The lowest BCUT2D eigenvalue weighted by Crippen LogP contribution is -2.54. The molecule has 2 aromatic rings. The fourth-order valence-corrected chi connectivity index (χ4v) is 3.95. The van der Waals surface area contributed by atoms with Crippen LogP contribution in [0.5, 0.6) is 0 Å². The molecule has 3 rings (SSSR count). The maximum absolute atomic E-state index is 14.0. The number of amides is 3. The Hall–Kier alpha value is -3.26. The van der Waals surface area contributed by atoms with E-state index < -0.39 is 11.9 Å². The zero-order valence-corrected chi connectivity index (χ0v) is 19.0. The number of carbonyl (C=O) groups is 3. The van der Waals surface area contributed by atoms with E-state index in [-0.39, 0.29) is 29.2 Å². The molecule has 1 fully saturated rings. The van der Waals surface area contributed by atoms with Gasteiger partial charge in [-0.2, -0.15) is 0 Å². The van der Waals surface area contributed by atoms with Crippen LogP contribution in [0, 0.1) is 18.7 Å². The van der Waals surface area contributed by atoms with Crippen LogP contribution in [0.4, 0.5) is 4.39 Å². The molecule has 1 aliphatic heterocycles. The summed E-state index contributed by atoms with van der Waals surface area (Å²) in [4.78, 5) is 40.0.